The molecular formula is C18H33NO5. The average Bonchev–Trinajstić information content (AvgIpc) is 2.83. The van der Waals surface area contributed by atoms with Gasteiger partial charge in [0.25, 0.3) is 0 Å². The lowest BCUT2D eigenvalue weighted by atomic mass is 10.0. The minimum absolute atomic E-state index is 0.115. The first-order valence-corrected chi connectivity index (χ1v) is 9.47. The summed E-state index contributed by atoms with van der Waals surface area (Å²) in [6.45, 7) is 4.04. The maximum atomic E-state index is 11.6. The first-order chi connectivity index (χ1) is 11.6. The van der Waals surface area contributed by atoms with Gasteiger partial charge in [-0.05, 0) is 13.3 Å². The summed E-state index contributed by atoms with van der Waals surface area (Å²) in [6.07, 6.45) is 10.9. The quantitative estimate of drug-likeness (QED) is 0.314. The van der Waals surface area contributed by atoms with Gasteiger partial charge in [-0.1, -0.05) is 71.1 Å². The molecule has 1 N–H and O–H groups in total. The summed E-state index contributed by atoms with van der Waals surface area (Å²) in [5.74, 6) is -0.800. The molecule has 0 bridgehead atoms. The number of carbonyl (C=O) groups is 1. The third kappa shape index (κ3) is 7.07. The Morgan fingerprint density at radius 2 is 1.62 bits per heavy atom. The highest BCUT2D eigenvalue weighted by Crippen LogP contribution is 2.19. The lowest BCUT2D eigenvalue weighted by Crippen LogP contribution is -2.35. The predicted molar refractivity (Wildman–Crippen MR) is 92.6 cm³/mol. The van der Waals surface area contributed by atoms with Gasteiger partial charge in [0.1, 0.15) is 6.10 Å². The van der Waals surface area contributed by atoms with E-state index in [0.29, 0.717) is 6.42 Å². The van der Waals surface area contributed by atoms with Crippen molar-refractivity contribution in [3.05, 3.63) is 5.21 Å². The van der Waals surface area contributed by atoms with Crippen molar-refractivity contribution in [3.8, 4) is 0 Å². The molecule has 0 aliphatic carbocycles. The van der Waals surface area contributed by atoms with Gasteiger partial charge >= 0.3 is 11.7 Å². The highest BCUT2D eigenvalue weighted by Gasteiger charge is 2.44. The van der Waals surface area contributed by atoms with Gasteiger partial charge < -0.3 is 14.7 Å². The molecule has 6 nitrogen and oxygen atoms in total. The zero-order valence-corrected chi connectivity index (χ0v) is 15.2. The van der Waals surface area contributed by atoms with Crippen LogP contribution in [0.2, 0.25) is 0 Å². The number of rotatable bonds is 13. The number of hydrogen-bond acceptors (Lipinski definition) is 5. The van der Waals surface area contributed by atoms with Crippen LogP contribution in [0.5, 0.6) is 0 Å². The summed E-state index contributed by atoms with van der Waals surface area (Å²) in [4.78, 5) is 16.8. The number of aliphatic hydroxyl groups excluding tert-OH is 1. The van der Waals surface area contributed by atoms with Crippen LogP contribution in [0.3, 0.4) is 0 Å². The molecule has 0 aromatic heterocycles. The highest BCUT2D eigenvalue weighted by molar-refractivity contribution is 6.36. The number of esters is 1. The number of nitrogens with zero attached hydrogens (tertiary/aromatic N) is 1. The van der Waals surface area contributed by atoms with E-state index >= 15 is 0 Å². The SMILES string of the molecule is CCCCCCCCCCCCC1O[N+]([O-])=C(C(=O)OCC)C1O. The highest BCUT2D eigenvalue weighted by atomic mass is 16.9. The zero-order chi connectivity index (χ0) is 17.8. The standard InChI is InChI=1S/C18H33NO5/c1-3-5-6-7-8-9-10-11-12-13-14-15-17(20)16(19(22)24-15)18(21)23-4-2/h15,17,20H,3-14H2,1-2H3. The molecule has 0 saturated heterocycles. The van der Waals surface area contributed by atoms with Gasteiger partial charge in [-0.3, -0.25) is 5.21 Å². The summed E-state index contributed by atoms with van der Waals surface area (Å²) < 4.78 is 4.76. The van der Waals surface area contributed by atoms with E-state index in [2.05, 4.69) is 6.92 Å². The molecule has 1 aliphatic heterocycles. The average molecular weight is 343 g/mol. The maximum absolute atomic E-state index is 11.6. The van der Waals surface area contributed by atoms with Crippen molar-refractivity contribution in [3.63, 3.8) is 0 Å². The Morgan fingerprint density at radius 3 is 2.17 bits per heavy atom. The molecule has 0 amide bonds. The lowest BCUT2D eigenvalue weighted by Gasteiger charge is -2.14. The molecular weight excluding hydrogens is 310 g/mol. The van der Waals surface area contributed by atoms with Crippen LogP contribution in [0.1, 0.15) is 84.5 Å². The fourth-order valence-corrected chi connectivity index (χ4v) is 2.97. The molecule has 140 valence electrons. The molecule has 6 heteroatoms. The van der Waals surface area contributed by atoms with E-state index in [-0.39, 0.29) is 17.2 Å². The first-order valence-electron chi connectivity index (χ1n) is 9.47. The fraction of sp³-hybridized carbons (Fsp3) is 0.889. The molecule has 0 spiro atoms. The van der Waals surface area contributed by atoms with Crippen molar-refractivity contribution in [1.29, 1.82) is 0 Å². The van der Waals surface area contributed by atoms with Gasteiger partial charge in [-0.15, -0.1) is 0 Å². The smallest absolute Gasteiger partial charge is 0.408 e. The third-order valence-corrected chi connectivity index (χ3v) is 4.39. The Labute approximate surface area is 145 Å². The van der Waals surface area contributed by atoms with Crippen LogP contribution in [0.4, 0.5) is 0 Å². The topological polar surface area (TPSA) is 81.8 Å². The first kappa shape index (κ1) is 20.7. The van der Waals surface area contributed by atoms with Crippen molar-refractivity contribution in [2.45, 2.75) is 96.7 Å². The normalized spacial score (nSPS) is 20.3. The second kappa shape index (κ2) is 12.1. The Morgan fingerprint density at radius 1 is 1.08 bits per heavy atom. The molecule has 1 heterocycles. The van der Waals surface area contributed by atoms with Crippen LogP contribution in [-0.2, 0) is 14.4 Å². The monoisotopic (exact) mass is 343 g/mol. The minimum atomic E-state index is -1.19. The van der Waals surface area contributed by atoms with Gasteiger partial charge in [0, 0.05) is 0 Å². The number of aliphatic hydroxyl groups is 1. The molecule has 0 aromatic rings. The number of ether oxygens (including phenoxy) is 1. The molecule has 24 heavy (non-hydrogen) atoms. The van der Waals surface area contributed by atoms with Crippen LogP contribution in [0.15, 0.2) is 0 Å². The number of hydrogen-bond donors (Lipinski definition) is 1. The fourth-order valence-electron chi connectivity index (χ4n) is 2.97. The number of unbranched alkanes of at least 4 members (excludes halogenated alkanes) is 9. The van der Waals surface area contributed by atoms with Gasteiger partial charge in [0.05, 0.1) is 11.5 Å². The van der Waals surface area contributed by atoms with Crippen molar-refractivity contribution in [1.82, 2.24) is 0 Å². The second-order valence-corrected chi connectivity index (χ2v) is 6.42. The van der Waals surface area contributed by atoms with E-state index in [1.165, 1.54) is 44.9 Å². The van der Waals surface area contributed by atoms with Crippen LogP contribution < -0.4 is 0 Å². The summed E-state index contributed by atoms with van der Waals surface area (Å²) in [7, 11) is 0. The lowest BCUT2D eigenvalue weighted by molar-refractivity contribution is -0.740. The Balaban J connectivity index is 2.09. The predicted octanol–water partition coefficient (Wildman–Crippen LogP) is 3.49. The Bertz CT molecular complexity index is 397. The maximum Gasteiger partial charge on any atom is 0.408 e. The van der Waals surface area contributed by atoms with Crippen molar-refractivity contribution < 1.29 is 24.4 Å². The molecule has 0 fully saturated rings. The van der Waals surface area contributed by atoms with Crippen LogP contribution >= 0.6 is 0 Å². The Hall–Kier alpha value is -1.30. The summed E-state index contributed by atoms with van der Waals surface area (Å²) >= 11 is 0. The van der Waals surface area contributed by atoms with Crippen molar-refractivity contribution >= 4 is 11.7 Å². The number of carbonyl (C=O) groups excluding carboxylic acids is 1. The van der Waals surface area contributed by atoms with Crippen LogP contribution in [0, 0.1) is 5.21 Å². The van der Waals surface area contributed by atoms with Gasteiger partial charge in [-0.2, -0.15) is 0 Å². The van der Waals surface area contributed by atoms with Gasteiger partial charge in [-0.25, -0.2) is 4.79 Å². The summed E-state index contributed by atoms with van der Waals surface area (Å²) in [5.41, 5.74) is -0.339. The largest absolute Gasteiger partial charge is 0.458 e. The molecule has 0 aromatic carbocycles. The molecule has 1 aliphatic rings. The molecule has 0 saturated carbocycles. The van der Waals surface area contributed by atoms with E-state index in [1.54, 1.807) is 6.92 Å². The molecule has 2 atom stereocenters. The van der Waals surface area contributed by atoms with Gasteiger partial charge in [0.15, 0.2) is 6.10 Å². The molecule has 1 rings (SSSR count). The van der Waals surface area contributed by atoms with Crippen LogP contribution in [-0.4, -0.2) is 40.5 Å². The molecule has 2 unspecified atom stereocenters. The summed E-state index contributed by atoms with van der Waals surface area (Å²) in [6, 6.07) is 0. The zero-order valence-electron chi connectivity index (χ0n) is 15.2. The van der Waals surface area contributed by atoms with E-state index in [1.807, 2.05) is 0 Å². The van der Waals surface area contributed by atoms with E-state index in [4.69, 9.17) is 9.57 Å². The minimum Gasteiger partial charge on any atom is -0.458 e. The van der Waals surface area contributed by atoms with Gasteiger partial charge in [0.2, 0.25) is 0 Å². The van der Waals surface area contributed by atoms with Crippen molar-refractivity contribution in [2.75, 3.05) is 6.61 Å². The third-order valence-electron chi connectivity index (χ3n) is 4.39. The Kier molecular flexibility index (Phi) is 10.5. The molecule has 0 radical (unpaired) electrons. The summed E-state index contributed by atoms with van der Waals surface area (Å²) in [5, 5.41) is 21.6. The van der Waals surface area contributed by atoms with E-state index in [0.717, 1.165) is 19.3 Å². The van der Waals surface area contributed by atoms with Crippen molar-refractivity contribution in [2.24, 2.45) is 0 Å². The van der Waals surface area contributed by atoms with E-state index in [9.17, 15) is 15.1 Å². The van der Waals surface area contributed by atoms with Crippen LogP contribution in [0.25, 0.3) is 0 Å². The van der Waals surface area contributed by atoms with E-state index < -0.39 is 18.2 Å². The second-order valence-electron chi connectivity index (χ2n) is 6.42.